The molecule has 0 aliphatic heterocycles. The molecule has 1 heterocycles. The van der Waals surface area contributed by atoms with Crippen LogP contribution < -0.4 is 5.32 Å². The number of aromatic nitrogens is 2. The highest BCUT2D eigenvalue weighted by Crippen LogP contribution is 2.36. The zero-order chi connectivity index (χ0) is 13.2. The van der Waals surface area contributed by atoms with E-state index in [2.05, 4.69) is 57.1 Å². The van der Waals surface area contributed by atoms with Crippen molar-refractivity contribution in [2.24, 2.45) is 0 Å². The van der Waals surface area contributed by atoms with E-state index in [1.807, 2.05) is 6.07 Å². The first-order valence-corrected chi connectivity index (χ1v) is 7.30. The molecule has 1 aliphatic carbocycles. The highest BCUT2D eigenvalue weighted by molar-refractivity contribution is 9.10. The van der Waals surface area contributed by atoms with Crippen LogP contribution in [0.25, 0.3) is 0 Å². The molecule has 4 nitrogen and oxygen atoms in total. The Hall–Kier alpha value is -0.680. The first-order valence-electron chi connectivity index (χ1n) is 6.50. The molecule has 18 heavy (non-hydrogen) atoms. The molecule has 0 bridgehead atoms. The molecule has 1 aliphatic rings. The predicted octanol–water partition coefficient (Wildman–Crippen LogP) is 2.70. The van der Waals surface area contributed by atoms with Gasteiger partial charge in [0.1, 0.15) is 16.2 Å². The molecular formula is C13H21BrN4. The summed E-state index contributed by atoms with van der Waals surface area (Å²) in [7, 11) is 4.32. The minimum atomic E-state index is 0.309. The molecule has 1 aromatic heterocycles. The van der Waals surface area contributed by atoms with Crippen LogP contribution in [-0.4, -0.2) is 41.0 Å². The van der Waals surface area contributed by atoms with Gasteiger partial charge in [-0.15, -0.1) is 0 Å². The third kappa shape index (κ3) is 2.83. The molecular weight excluding hydrogens is 292 g/mol. The summed E-state index contributed by atoms with van der Waals surface area (Å²) < 4.78 is 0.851. The molecule has 0 aromatic carbocycles. The van der Waals surface area contributed by atoms with Crippen LogP contribution in [-0.2, 0) is 6.42 Å². The molecule has 1 N–H and O–H groups in total. The van der Waals surface area contributed by atoms with Crippen LogP contribution in [0.5, 0.6) is 0 Å². The SMILES string of the molecule is CCc1nc(Br)cc(NCC2(N(C)C)CCC2)n1. The van der Waals surface area contributed by atoms with Crippen molar-refractivity contribution in [2.45, 2.75) is 38.1 Å². The van der Waals surface area contributed by atoms with Gasteiger partial charge in [0.25, 0.3) is 0 Å². The Kier molecular flexibility index (Phi) is 4.22. The second-order valence-electron chi connectivity index (χ2n) is 5.17. The van der Waals surface area contributed by atoms with Crippen molar-refractivity contribution in [3.8, 4) is 0 Å². The van der Waals surface area contributed by atoms with Gasteiger partial charge in [0.05, 0.1) is 0 Å². The van der Waals surface area contributed by atoms with Crippen LogP contribution in [0.2, 0.25) is 0 Å². The molecule has 0 spiro atoms. The highest BCUT2D eigenvalue weighted by atomic mass is 79.9. The zero-order valence-electron chi connectivity index (χ0n) is 11.3. The predicted molar refractivity (Wildman–Crippen MR) is 77.9 cm³/mol. The lowest BCUT2D eigenvalue weighted by Crippen LogP contribution is -2.54. The first-order chi connectivity index (χ1) is 8.55. The maximum absolute atomic E-state index is 4.50. The standard InChI is InChI=1S/C13H21BrN4/c1-4-11-16-10(14)8-12(17-11)15-9-13(18(2)3)6-5-7-13/h8H,4-7,9H2,1-3H3,(H,15,16,17). The molecule has 1 fully saturated rings. The van der Waals surface area contributed by atoms with Gasteiger partial charge in [-0.2, -0.15) is 0 Å². The molecule has 0 radical (unpaired) electrons. The Morgan fingerprint density at radius 3 is 2.61 bits per heavy atom. The van der Waals surface area contributed by atoms with Crippen molar-refractivity contribution >= 4 is 21.7 Å². The number of rotatable bonds is 5. The average molecular weight is 313 g/mol. The maximum atomic E-state index is 4.50. The van der Waals surface area contributed by atoms with Crippen molar-refractivity contribution in [3.63, 3.8) is 0 Å². The van der Waals surface area contributed by atoms with Gasteiger partial charge >= 0.3 is 0 Å². The largest absolute Gasteiger partial charge is 0.368 e. The molecule has 0 atom stereocenters. The van der Waals surface area contributed by atoms with Crippen molar-refractivity contribution in [3.05, 3.63) is 16.5 Å². The number of anilines is 1. The quantitative estimate of drug-likeness (QED) is 0.849. The van der Waals surface area contributed by atoms with E-state index < -0.39 is 0 Å². The smallest absolute Gasteiger partial charge is 0.131 e. The van der Waals surface area contributed by atoms with E-state index in [4.69, 9.17) is 0 Å². The minimum absolute atomic E-state index is 0.309. The molecule has 2 rings (SSSR count). The molecule has 5 heteroatoms. The van der Waals surface area contributed by atoms with Crippen molar-refractivity contribution < 1.29 is 0 Å². The molecule has 0 unspecified atom stereocenters. The summed E-state index contributed by atoms with van der Waals surface area (Å²) in [5.74, 6) is 1.79. The number of nitrogens with one attached hydrogen (secondary N) is 1. The molecule has 0 amide bonds. The summed E-state index contributed by atoms with van der Waals surface area (Å²) in [6.07, 6.45) is 4.71. The molecule has 1 saturated carbocycles. The lowest BCUT2D eigenvalue weighted by molar-refractivity contribution is 0.0738. The topological polar surface area (TPSA) is 41.1 Å². The van der Waals surface area contributed by atoms with Crippen molar-refractivity contribution in [2.75, 3.05) is 26.0 Å². The Morgan fingerprint density at radius 1 is 1.39 bits per heavy atom. The second kappa shape index (κ2) is 5.53. The number of nitrogens with zero attached hydrogens (tertiary/aromatic N) is 3. The Labute approximate surface area is 117 Å². The fourth-order valence-corrected chi connectivity index (χ4v) is 2.76. The third-order valence-electron chi connectivity index (χ3n) is 3.89. The monoisotopic (exact) mass is 312 g/mol. The van der Waals surface area contributed by atoms with E-state index in [0.717, 1.165) is 29.2 Å². The number of halogens is 1. The first kappa shape index (κ1) is 13.7. The third-order valence-corrected chi connectivity index (χ3v) is 4.30. The van der Waals surface area contributed by atoms with Crippen LogP contribution in [0.3, 0.4) is 0 Å². The van der Waals surface area contributed by atoms with Gasteiger partial charge in [-0.25, -0.2) is 9.97 Å². The fraction of sp³-hybridized carbons (Fsp3) is 0.692. The Bertz CT molecular complexity index is 415. The summed E-state index contributed by atoms with van der Waals surface area (Å²) >= 11 is 3.43. The number of hydrogen-bond acceptors (Lipinski definition) is 4. The lowest BCUT2D eigenvalue weighted by atomic mass is 9.75. The van der Waals surface area contributed by atoms with E-state index in [0.29, 0.717) is 5.54 Å². The van der Waals surface area contributed by atoms with Gasteiger partial charge in [0.15, 0.2) is 0 Å². The van der Waals surface area contributed by atoms with Gasteiger partial charge in [-0.1, -0.05) is 6.92 Å². The average Bonchev–Trinajstić information content (AvgIpc) is 2.26. The van der Waals surface area contributed by atoms with Crippen LogP contribution in [0, 0.1) is 0 Å². The molecule has 100 valence electrons. The van der Waals surface area contributed by atoms with Gasteiger partial charge < -0.3 is 10.2 Å². The molecule has 1 aromatic rings. The minimum Gasteiger partial charge on any atom is -0.368 e. The van der Waals surface area contributed by atoms with E-state index in [-0.39, 0.29) is 0 Å². The van der Waals surface area contributed by atoms with Crippen LogP contribution in [0.4, 0.5) is 5.82 Å². The molecule has 0 saturated heterocycles. The Balaban J connectivity index is 2.03. The highest BCUT2D eigenvalue weighted by Gasteiger charge is 2.38. The van der Waals surface area contributed by atoms with Gasteiger partial charge in [0.2, 0.25) is 0 Å². The van der Waals surface area contributed by atoms with E-state index >= 15 is 0 Å². The lowest BCUT2D eigenvalue weighted by Gasteiger charge is -2.47. The van der Waals surface area contributed by atoms with Crippen molar-refractivity contribution in [1.29, 1.82) is 0 Å². The fourth-order valence-electron chi connectivity index (χ4n) is 2.34. The van der Waals surface area contributed by atoms with Crippen molar-refractivity contribution in [1.82, 2.24) is 14.9 Å². The number of hydrogen-bond donors (Lipinski definition) is 1. The van der Waals surface area contributed by atoms with E-state index in [9.17, 15) is 0 Å². The number of likely N-dealkylation sites (N-methyl/N-ethyl adjacent to an activating group) is 1. The van der Waals surface area contributed by atoms with Crippen LogP contribution >= 0.6 is 15.9 Å². The maximum Gasteiger partial charge on any atom is 0.131 e. The van der Waals surface area contributed by atoms with E-state index in [1.165, 1.54) is 19.3 Å². The summed E-state index contributed by atoms with van der Waals surface area (Å²) in [6.45, 7) is 3.02. The summed E-state index contributed by atoms with van der Waals surface area (Å²) in [6, 6.07) is 1.95. The van der Waals surface area contributed by atoms with Crippen LogP contribution in [0.1, 0.15) is 32.0 Å². The van der Waals surface area contributed by atoms with E-state index in [1.54, 1.807) is 0 Å². The van der Waals surface area contributed by atoms with Gasteiger partial charge in [0, 0.05) is 24.6 Å². The summed E-state index contributed by atoms with van der Waals surface area (Å²) in [4.78, 5) is 11.2. The summed E-state index contributed by atoms with van der Waals surface area (Å²) in [5, 5.41) is 3.46. The second-order valence-corrected chi connectivity index (χ2v) is 5.98. The summed E-state index contributed by atoms with van der Waals surface area (Å²) in [5.41, 5.74) is 0.309. The van der Waals surface area contributed by atoms with Gasteiger partial charge in [-0.3, -0.25) is 0 Å². The van der Waals surface area contributed by atoms with Crippen LogP contribution in [0.15, 0.2) is 10.7 Å². The Morgan fingerprint density at radius 2 is 2.11 bits per heavy atom. The number of aryl methyl sites for hydroxylation is 1. The van der Waals surface area contributed by atoms with Gasteiger partial charge in [-0.05, 0) is 49.3 Å². The normalized spacial score (nSPS) is 17.6. The zero-order valence-corrected chi connectivity index (χ0v) is 12.9.